The van der Waals surface area contributed by atoms with Crippen molar-refractivity contribution in [2.75, 3.05) is 32.8 Å². The first kappa shape index (κ1) is 19.8. The second-order valence-electron chi connectivity index (χ2n) is 6.65. The lowest BCUT2D eigenvalue weighted by Crippen LogP contribution is -2.27. The van der Waals surface area contributed by atoms with Gasteiger partial charge in [-0.2, -0.15) is 0 Å². The maximum atomic E-state index is 11.6. The van der Waals surface area contributed by atoms with Gasteiger partial charge in [0.2, 0.25) is 0 Å². The zero-order valence-electron chi connectivity index (χ0n) is 12.6. The van der Waals surface area contributed by atoms with Crippen molar-refractivity contribution in [3.05, 3.63) is 0 Å². The lowest BCUT2D eigenvalue weighted by molar-refractivity contribution is 0.0286. The molecule has 2 fully saturated rings. The van der Waals surface area contributed by atoms with E-state index in [9.17, 15) is 8.78 Å². The predicted octanol–water partition coefficient (Wildman–Crippen LogP) is 4.44. The Labute approximate surface area is 123 Å². The molecule has 2 saturated heterocycles. The Bertz CT molecular complexity index is 229. The van der Waals surface area contributed by atoms with Gasteiger partial charge in [-0.3, -0.25) is 4.90 Å². The highest BCUT2D eigenvalue weighted by Crippen LogP contribution is 2.33. The number of likely N-dealkylation sites (tertiary alicyclic amines) is 1. The summed E-state index contributed by atoms with van der Waals surface area (Å²) in [5.74, 6) is 0.876. The van der Waals surface area contributed by atoms with E-state index in [1.165, 1.54) is 12.8 Å². The Morgan fingerprint density at radius 2 is 1.60 bits per heavy atom. The molecule has 0 spiro atoms. The molecular formula is C16H33F2NO. The van der Waals surface area contributed by atoms with Gasteiger partial charge in [-0.15, -0.1) is 0 Å². The number of hydrogen-bond donors (Lipinski definition) is 0. The maximum absolute atomic E-state index is 11.6. The molecule has 0 aromatic heterocycles. The third kappa shape index (κ3) is 8.15. The standard InChI is InChI=1S/C9H18O.C6H11F2N.CH4/c1-9(2,3)8-4-6-10-7-5-8;7-6(8)5-9-3-1-2-4-9;/h8H,4-7H2,1-3H3;6H,1-5H2;1H4. The summed E-state index contributed by atoms with van der Waals surface area (Å²) >= 11 is 0. The van der Waals surface area contributed by atoms with E-state index in [2.05, 4.69) is 20.8 Å². The van der Waals surface area contributed by atoms with E-state index in [1.54, 1.807) is 0 Å². The fraction of sp³-hybridized carbons (Fsp3) is 1.00. The number of halogens is 2. The molecule has 0 N–H and O–H groups in total. The zero-order valence-corrected chi connectivity index (χ0v) is 12.6. The monoisotopic (exact) mass is 293 g/mol. The Hall–Kier alpha value is -0.220. The number of rotatable bonds is 2. The Morgan fingerprint density at radius 3 is 1.95 bits per heavy atom. The van der Waals surface area contributed by atoms with Crippen LogP contribution in [0.4, 0.5) is 8.78 Å². The molecule has 0 aromatic rings. The van der Waals surface area contributed by atoms with Crippen molar-refractivity contribution in [2.45, 2.75) is 60.3 Å². The first-order chi connectivity index (χ1) is 8.89. The van der Waals surface area contributed by atoms with Crippen molar-refractivity contribution in [2.24, 2.45) is 11.3 Å². The molecule has 2 rings (SSSR count). The van der Waals surface area contributed by atoms with Gasteiger partial charge in [0.25, 0.3) is 6.43 Å². The molecule has 0 aromatic carbocycles. The van der Waals surface area contributed by atoms with Crippen LogP contribution in [0.1, 0.15) is 53.9 Å². The minimum Gasteiger partial charge on any atom is -0.381 e. The van der Waals surface area contributed by atoms with Crippen LogP contribution in [0, 0.1) is 11.3 Å². The lowest BCUT2D eigenvalue weighted by Gasteiger charge is -2.33. The van der Waals surface area contributed by atoms with E-state index < -0.39 is 6.43 Å². The van der Waals surface area contributed by atoms with Crippen LogP contribution in [0.15, 0.2) is 0 Å². The van der Waals surface area contributed by atoms with Gasteiger partial charge in [0, 0.05) is 13.2 Å². The lowest BCUT2D eigenvalue weighted by atomic mass is 9.76. The van der Waals surface area contributed by atoms with Crippen LogP contribution in [0.5, 0.6) is 0 Å². The van der Waals surface area contributed by atoms with Crippen LogP contribution >= 0.6 is 0 Å². The minimum absolute atomic E-state index is 0. The van der Waals surface area contributed by atoms with Gasteiger partial charge in [0.1, 0.15) is 0 Å². The highest BCUT2D eigenvalue weighted by Gasteiger charge is 2.25. The molecule has 0 atom stereocenters. The van der Waals surface area contributed by atoms with Crippen molar-refractivity contribution < 1.29 is 13.5 Å². The minimum atomic E-state index is -2.15. The topological polar surface area (TPSA) is 12.5 Å². The van der Waals surface area contributed by atoms with E-state index in [-0.39, 0.29) is 14.0 Å². The number of alkyl halides is 2. The highest BCUT2D eigenvalue weighted by atomic mass is 19.3. The van der Waals surface area contributed by atoms with Crippen molar-refractivity contribution >= 4 is 0 Å². The van der Waals surface area contributed by atoms with E-state index in [4.69, 9.17) is 4.74 Å². The van der Waals surface area contributed by atoms with Crippen LogP contribution in [0.2, 0.25) is 0 Å². The molecular weight excluding hydrogens is 260 g/mol. The van der Waals surface area contributed by atoms with Gasteiger partial charge >= 0.3 is 0 Å². The summed E-state index contributed by atoms with van der Waals surface area (Å²) in [5.41, 5.74) is 0.490. The molecule has 4 heteroatoms. The van der Waals surface area contributed by atoms with Gasteiger partial charge in [0.15, 0.2) is 0 Å². The van der Waals surface area contributed by atoms with Crippen LogP contribution in [0.25, 0.3) is 0 Å². The van der Waals surface area contributed by atoms with Crippen molar-refractivity contribution in [3.8, 4) is 0 Å². The Balaban J connectivity index is 0.000000345. The molecule has 122 valence electrons. The molecule has 2 aliphatic heterocycles. The number of ether oxygens (including phenoxy) is 1. The van der Waals surface area contributed by atoms with Crippen molar-refractivity contribution in [1.29, 1.82) is 0 Å². The van der Waals surface area contributed by atoms with Gasteiger partial charge in [-0.25, -0.2) is 8.78 Å². The smallest absolute Gasteiger partial charge is 0.251 e. The molecule has 0 radical (unpaired) electrons. The van der Waals surface area contributed by atoms with Crippen LogP contribution in [-0.2, 0) is 4.74 Å². The quantitative estimate of drug-likeness (QED) is 0.746. The van der Waals surface area contributed by atoms with E-state index in [0.29, 0.717) is 5.41 Å². The third-order valence-corrected chi connectivity index (χ3v) is 4.04. The first-order valence-electron chi connectivity index (χ1n) is 7.48. The average Bonchev–Trinajstić information content (AvgIpc) is 2.82. The summed E-state index contributed by atoms with van der Waals surface area (Å²) in [6, 6.07) is 0. The van der Waals surface area contributed by atoms with E-state index in [0.717, 1.165) is 45.1 Å². The molecule has 2 aliphatic rings. The van der Waals surface area contributed by atoms with Gasteiger partial charge in [0.05, 0.1) is 6.54 Å². The molecule has 0 bridgehead atoms. The summed E-state index contributed by atoms with van der Waals surface area (Å²) in [6.45, 7) is 10.6. The number of hydrogen-bond acceptors (Lipinski definition) is 2. The maximum Gasteiger partial charge on any atom is 0.251 e. The SMILES string of the molecule is C.CC(C)(C)C1CCOCC1.FC(F)CN1CCCC1. The van der Waals surface area contributed by atoms with Gasteiger partial charge in [-0.05, 0) is 50.1 Å². The fourth-order valence-electron chi connectivity index (χ4n) is 2.72. The van der Waals surface area contributed by atoms with Crippen LogP contribution < -0.4 is 0 Å². The van der Waals surface area contributed by atoms with Crippen molar-refractivity contribution in [1.82, 2.24) is 4.90 Å². The molecule has 0 unspecified atom stereocenters. The van der Waals surface area contributed by atoms with Crippen molar-refractivity contribution in [3.63, 3.8) is 0 Å². The molecule has 2 heterocycles. The third-order valence-electron chi connectivity index (χ3n) is 4.04. The number of nitrogens with zero attached hydrogens (tertiary/aromatic N) is 1. The summed E-state index contributed by atoms with van der Waals surface area (Å²) in [6.07, 6.45) is 2.54. The van der Waals surface area contributed by atoms with E-state index >= 15 is 0 Å². The molecule has 20 heavy (non-hydrogen) atoms. The Morgan fingerprint density at radius 1 is 1.10 bits per heavy atom. The summed E-state index contributed by atoms with van der Waals surface area (Å²) in [7, 11) is 0. The average molecular weight is 293 g/mol. The van der Waals surface area contributed by atoms with Gasteiger partial charge < -0.3 is 4.74 Å². The largest absolute Gasteiger partial charge is 0.381 e. The zero-order chi connectivity index (χ0) is 14.3. The van der Waals surface area contributed by atoms with Crippen LogP contribution in [-0.4, -0.2) is 44.2 Å². The highest BCUT2D eigenvalue weighted by molar-refractivity contribution is 4.75. The van der Waals surface area contributed by atoms with E-state index in [1.807, 2.05) is 4.90 Å². The molecule has 0 aliphatic carbocycles. The predicted molar refractivity (Wildman–Crippen MR) is 81.4 cm³/mol. The Kier molecular flexibility index (Phi) is 9.56. The first-order valence-corrected chi connectivity index (χ1v) is 7.48. The summed E-state index contributed by atoms with van der Waals surface area (Å²) in [5, 5.41) is 0. The fourth-order valence-corrected chi connectivity index (χ4v) is 2.72. The summed E-state index contributed by atoms with van der Waals surface area (Å²) < 4.78 is 28.6. The normalized spacial score (nSPS) is 21.3. The van der Waals surface area contributed by atoms with Crippen LogP contribution in [0.3, 0.4) is 0 Å². The summed E-state index contributed by atoms with van der Waals surface area (Å²) in [4.78, 5) is 1.81. The second-order valence-corrected chi connectivity index (χ2v) is 6.65. The molecule has 0 amide bonds. The second kappa shape index (κ2) is 9.67. The van der Waals surface area contributed by atoms with Gasteiger partial charge in [-0.1, -0.05) is 28.2 Å². The molecule has 2 nitrogen and oxygen atoms in total. The molecule has 0 saturated carbocycles.